The predicted molar refractivity (Wildman–Crippen MR) is 69.5 cm³/mol. The third kappa shape index (κ3) is 2.31. The van der Waals surface area contributed by atoms with Gasteiger partial charge in [-0.25, -0.2) is 0 Å². The Bertz CT molecular complexity index is 432. The molecule has 0 unspecified atom stereocenters. The third-order valence-electron chi connectivity index (χ3n) is 2.68. The Morgan fingerprint density at radius 2 is 1.76 bits per heavy atom. The Morgan fingerprint density at radius 3 is 2.35 bits per heavy atom. The number of hydrogen-bond donors (Lipinski definition) is 0. The van der Waals surface area contributed by atoms with Gasteiger partial charge in [0, 0.05) is 18.3 Å². The summed E-state index contributed by atoms with van der Waals surface area (Å²) >= 11 is 0. The number of hydrogen-bond acceptors (Lipinski definition) is 4. The van der Waals surface area contributed by atoms with Crippen LogP contribution in [0.3, 0.4) is 0 Å². The largest absolute Gasteiger partial charge is 0.493 e. The Labute approximate surface area is 107 Å². The van der Waals surface area contributed by atoms with E-state index in [0.717, 1.165) is 18.5 Å². The molecule has 4 nitrogen and oxygen atoms in total. The number of halogens is 1. The van der Waals surface area contributed by atoms with E-state index in [1.165, 1.54) is 5.56 Å². The Morgan fingerprint density at radius 1 is 1.06 bits per heavy atom. The van der Waals surface area contributed by atoms with E-state index in [1.807, 2.05) is 12.3 Å². The molecule has 0 bridgehead atoms. The molecule has 0 spiro atoms. The molecule has 0 N–H and O–H groups in total. The number of aliphatic imine (C=N–C) groups is 1. The van der Waals surface area contributed by atoms with Crippen molar-refractivity contribution in [2.45, 2.75) is 6.42 Å². The fourth-order valence-corrected chi connectivity index (χ4v) is 1.92. The summed E-state index contributed by atoms with van der Waals surface area (Å²) in [5, 5.41) is 0. The van der Waals surface area contributed by atoms with E-state index in [-0.39, 0.29) is 12.4 Å². The third-order valence-corrected chi connectivity index (χ3v) is 2.68. The first-order valence-electron chi connectivity index (χ1n) is 5.13. The van der Waals surface area contributed by atoms with Crippen LogP contribution in [0.4, 0.5) is 0 Å². The van der Waals surface area contributed by atoms with Gasteiger partial charge in [-0.2, -0.15) is 0 Å². The summed E-state index contributed by atoms with van der Waals surface area (Å²) in [7, 11) is 4.85. The van der Waals surface area contributed by atoms with Gasteiger partial charge in [-0.05, 0) is 18.1 Å². The van der Waals surface area contributed by atoms with E-state index in [9.17, 15) is 0 Å². The molecule has 94 valence electrons. The lowest BCUT2D eigenvalue weighted by atomic mass is 10.0. The number of fused-ring (bicyclic) bond motifs is 1. The van der Waals surface area contributed by atoms with E-state index in [2.05, 4.69) is 4.99 Å². The van der Waals surface area contributed by atoms with Gasteiger partial charge in [-0.3, -0.25) is 4.99 Å². The summed E-state index contributed by atoms with van der Waals surface area (Å²) in [4.78, 5) is 4.26. The second kappa shape index (κ2) is 5.77. The van der Waals surface area contributed by atoms with Gasteiger partial charge >= 0.3 is 0 Å². The van der Waals surface area contributed by atoms with E-state index >= 15 is 0 Å². The van der Waals surface area contributed by atoms with Crippen LogP contribution in [0.1, 0.15) is 11.1 Å². The molecule has 0 fully saturated rings. The molecule has 1 aromatic carbocycles. The zero-order valence-electron chi connectivity index (χ0n) is 10.1. The SMILES string of the molecule is COc1cc2c(c(OC)c1OC)C=NCC2.Cl. The lowest BCUT2D eigenvalue weighted by molar-refractivity contribution is 0.323. The predicted octanol–water partition coefficient (Wildman–Crippen LogP) is 2.11. The second-order valence-corrected chi connectivity index (χ2v) is 3.50. The van der Waals surface area contributed by atoms with Gasteiger partial charge in [0.1, 0.15) is 0 Å². The van der Waals surface area contributed by atoms with Gasteiger partial charge in [-0.1, -0.05) is 0 Å². The van der Waals surface area contributed by atoms with Crippen molar-refractivity contribution in [1.82, 2.24) is 0 Å². The van der Waals surface area contributed by atoms with Crippen molar-refractivity contribution in [3.8, 4) is 17.2 Å². The average molecular weight is 258 g/mol. The minimum atomic E-state index is 0. The molecule has 1 aliphatic rings. The van der Waals surface area contributed by atoms with Crippen molar-refractivity contribution < 1.29 is 14.2 Å². The van der Waals surface area contributed by atoms with Gasteiger partial charge in [0.25, 0.3) is 0 Å². The Kier molecular flexibility index (Phi) is 4.63. The van der Waals surface area contributed by atoms with Crippen molar-refractivity contribution in [3.05, 3.63) is 17.2 Å². The molecular weight excluding hydrogens is 242 g/mol. The van der Waals surface area contributed by atoms with Crippen LogP contribution in [-0.2, 0) is 6.42 Å². The quantitative estimate of drug-likeness (QED) is 0.833. The first-order chi connectivity index (χ1) is 7.81. The second-order valence-electron chi connectivity index (χ2n) is 3.50. The first-order valence-corrected chi connectivity index (χ1v) is 5.13. The van der Waals surface area contributed by atoms with Crippen molar-refractivity contribution in [2.24, 2.45) is 4.99 Å². The molecule has 1 heterocycles. The molecule has 1 aliphatic heterocycles. The van der Waals surface area contributed by atoms with Gasteiger partial charge in [0.2, 0.25) is 5.75 Å². The van der Waals surface area contributed by atoms with Gasteiger partial charge < -0.3 is 14.2 Å². The number of ether oxygens (including phenoxy) is 3. The highest BCUT2D eigenvalue weighted by Gasteiger charge is 2.20. The maximum Gasteiger partial charge on any atom is 0.203 e. The molecule has 0 amide bonds. The fourth-order valence-electron chi connectivity index (χ4n) is 1.92. The lowest BCUT2D eigenvalue weighted by Crippen LogP contribution is -2.07. The van der Waals surface area contributed by atoms with E-state index in [1.54, 1.807) is 21.3 Å². The monoisotopic (exact) mass is 257 g/mol. The molecule has 0 aliphatic carbocycles. The summed E-state index contributed by atoms with van der Waals surface area (Å²) in [6.45, 7) is 0.811. The van der Waals surface area contributed by atoms with E-state index in [4.69, 9.17) is 14.2 Å². The average Bonchev–Trinajstić information content (AvgIpc) is 2.36. The summed E-state index contributed by atoms with van der Waals surface area (Å²) < 4.78 is 16.0. The highest BCUT2D eigenvalue weighted by Crippen LogP contribution is 2.42. The van der Waals surface area contributed by atoms with E-state index in [0.29, 0.717) is 17.2 Å². The summed E-state index contributed by atoms with van der Waals surface area (Å²) in [6, 6.07) is 1.99. The molecule has 0 saturated carbocycles. The number of benzene rings is 1. The molecule has 17 heavy (non-hydrogen) atoms. The normalized spacial score (nSPS) is 12.4. The molecule has 5 heteroatoms. The molecule has 0 radical (unpaired) electrons. The molecule has 0 aromatic heterocycles. The standard InChI is InChI=1S/C12H15NO3.ClH/c1-14-10-6-8-4-5-13-7-9(8)11(15-2)12(10)16-3;/h6-7H,4-5H2,1-3H3;1H. The van der Waals surface area contributed by atoms with Gasteiger partial charge in [0.15, 0.2) is 11.5 Å². The lowest BCUT2D eigenvalue weighted by Gasteiger charge is -2.19. The number of methoxy groups -OCH3 is 3. The topological polar surface area (TPSA) is 40.0 Å². The fraction of sp³-hybridized carbons (Fsp3) is 0.417. The van der Waals surface area contributed by atoms with Crippen LogP contribution < -0.4 is 14.2 Å². The van der Waals surface area contributed by atoms with Gasteiger partial charge in [0.05, 0.1) is 21.3 Å². The number of rotatable bonds is 3. The summed E-state index contributed by atoms with van der Waals surface area (Å²) in [6.07, 6.45) is 2.74. The molecule has 1 aromatic rings. The molecular formula is C12H16ClNO3. The highest BCUT2D eigenvalue weighted by atomic mass is 35.5. The zero-order valence-corrected chi connectivity index (χ0v) is 11.0. The van der Waals surface area contributed by atoms with Crippen LogP contribution in [-0.4, -0.2) is 34.1 Å². The van der Waals surface area contributed by atoms with Crippen molar-refractivity contribution in [3.63, 3.8) is 0 Å². The van der Waals surface area contributed by atoms with Crippen molar-refractivity contribution in [2.75, 3.05) is 27.9 Å². The van der Waals surface area contributed by atoms with Gasteiger partial charge in [-0.15, -0.1) is 12.4 Å². The van der Waals surface area contributed by atoms with Crippen LogP contribution in [0, 0.1) is 0 Å². The Hall–Kier alpha value is -1.42. The highest BCUT2D eigenvalue weighted by molar-refractivity contribution is 5.89. The minimum Gasteiger partial charge on any atom is -0.493 e. The van der Waals surface area contributed by atoms with Crippen LogP contribution in [0.25, 0.3) is 0 Å². The van der Waals surface area contributed by atoms with Crippen molar-refractivity contribution >= 4 is 18.6 Å². The Balaban J connectivity index is 0.00000144. The first kappa shape index (κ1) is 13.6. The van der Waals surface area contributed by atoms with Crippen LogP contribution in [0.5, 0.6) is 17.2 Å². The smallest absolute Gasteiger partial charge is 0.203 e. The summed E-state index contributed by atoms with van der Waals surface area (Å²) in [5.41, 5.74) is 2.18. The zero-order chi connectivity index (χ0) is 11.5. The summed E-state index contributed by atoms with van der Waals surface area (Å²) in [5.74, 6) is 2.02. The number of nitrogens with zero attached hydrogens (tertiary/aromatic N) is 1. The molecule has 2 rings (SSSR count). The maximum atomic E-state index is 5.38. The van der Waals surface area contributed by atoms with E-state index < -0.39 is 0 Å². The van der Waals surface area contributed by atoms with Crippen LogP contribution in [0.2, 0.25) is 0 Å². The van der Waals surface area contributed by atoms with Crippen LogP contribution in [0.15, 0.2) is 11.1 Å². The van der Waals surface area contributed by atoms with Crippen molar-refractivity contribution in [1.29, 1.82) is 0 Å². The molecule has 0 saturated heterocycles. The maximum absolute atomic E-state index is 5.38. The molecule has 0 atom stereocenters. The van der Waals surface area contributed by atoms with Crippen LogP contribution >= 0.6 is 12.4 Å². The minimum absolute atomic E-state index is 0.